The van der Waals surface area contributed by atoms with Crippen molar-refractivity contribution in [3.05, 3.63) is 11.6 Å². The van der Waals surface area contributed by atoms with Gasteiger partial charge in [0.25, 0.3) is 10.0 Å². The molecule has 0 aromatic carbocycles. The van der Waals surface area contributed by atoms with Gasteiger partial charge in [-0.05, 0) is 12.3 Å². The molecule has 0 bridgehead atoms. The van der Waals surface area contributed by atoms with Gasteiger partial charge in [0.1, 0.15) is 0 Å². The Morgan fingerprint density at radius 1 is 1.52 bits per heavy atom. The number of fused-ring (bicyclic) bond motifs is 1. The second-order valence-corrected chi connectivity index (χ2v) is 7.99. The summed E-state index contributed by atoms with van der Waals surface area (Å²) in [5.74, 6) is 0.460. The maximum Gasteiger partial charge on any atom is 0.262 e. The van der Waals surface area contributed by atoms with Gasteiger partial charge in [-0.1, -0.05) is 6.92 Å². The minimum atomic E-state index is -3.70. The summed E-state index contributed by atoms with van der Waals surface area (Å²) in [4.78, 5) is 4.92. The number of hydrogen-bond donors (Lipinski definition) is 2. The average Bonchev–Trinajstić information content (AvgIpc) is 3.00. The van der Waals surface area contributed by atoms with Crippen molar-refractivity contribution in [1.82, 2.24) is 13.7 Å². The highest BCUT2D eigenvalue weighted by molar-refractivity contribution is 7.89. The standard InChI is InChI=1S/C12H18N4O3S2/c1-8-3-4-15(7-9(8)17)21(18,19)11-10(13-2)14-12-16(11)5-6-20-12/h5-6,8-9,13,17H,3-4,7H2,1-2H3. The minimum Gasteiger partial charge on any atom is -0.391 e. The van der Waals surface area contributed by atoms with Gasteiger partial charge in [0.2, 0.25) is 0 Å². The van der Waals surface area contributed by atoms with Crippen LogP contribution < -0.4 is 5.32 Å². The molecule has 2 unspecified atom stereocenters. The largest absolute Gasteiger partial charge is 0.391 e. The van der Waals surface area contributed by atoms with Crippen LogP contribution in [0.15, 0.2) is 16.6 Å². The molecule has 2 aromatic heterocycles. The lowest BCUT2D eigenvalue weighted by atomic mass is 9.98. The van der Waals surface area contributed by atoms with Gasteiger partial charge in [0.05, 0.1) is 6.10 Å². The van der Waals surface area contributed by atoms with Crippen LogP contribution in [0.1, 0.15) is 13.3 Å². The van der Waals surface area contributed by atoms with Gasteiger partial charge in [0.15, 0.2) is 15.8 Å². The van der Waals surface area contributed by atoms with E-state index in [1.54, 1.807) is 23.0 Å². The second kappa shape index (κ2) is 5.24. The molecule has 1 aliphatic rings. The highest BCUT2D eigenvalue weighted by Crippen LogP contribution is 2.30. The highest BCUT2D eigenvalue weighted by atomic mass is 32.2. The van der Waals surface area contributed by atoms with Gasteiger partial charge < -0.3 is 10.4 Å². The van der Waals surface area contributed by atoms with E-state index in [0.29, 0.717) is 23.7 Å². The van der Waals surface area contributed by atoms with Crippen molar-refractivity contribution in [2.75, 3.05) is 25.5 Å². The van der Waals surface area contributed by atoms with Crippen molar-refractivity contribution in [2.45, 2.75) is 24.5 Å². The Kier molecular flexibility index (Phi) is 3.68. The molecule has 1 aliphatic heterocycles. The van der Waals surface area contributed by atoms with Gasteiger partial charge >= 0.3 is 0 Å². The molecule has 0 radical (unpaired) electrons. The van der Waals surface area contributed by atoms with Gasteiger partial charge in [0, 0.05) is 31.7 Å². The lowest BCUT2D eigenvalue weighted by molar-refractivity contribution is 0.0604. The number of aliphatic hydroxyl groups excluding tert-OH is 1. The van der Waals surface area contributed by atoms with Gasteiger partial charge in [-0.3, -0.25) is 4.40 Å². The summed E-state index contributed by atoms with van der Waals surface area (Å²) in [6.45, 7) is 2.48. The zero-order valence-electron chi connectivity index (χ0n) is 11.9. The fourth-order valence-electron chi connectivity index (χ4n) is 2.53. The van der Waals surface area contributed by atoms with Gasteiger partial charge in [-0.15, -0.1) is 11.3 Å². The predicted octanol–water partition coefficient (Wildman–Crippen LogP) is 0.829. The number of imidazole rings is 1. The number of β-amino-alcohol motifs (C(OH)–C–C–N with tert-alkyl or cyclic N) is 1. The SMILES string of the molecule is CNc1nc2sccn2c1S(=O)(=O)N1CCC(C)C(O)C1. The second-order valence-electron chi connectivity index (χ2n) is 5.27. The monoisotopic (exact) mass is 330 g/mol. The summed E-state index contributed by atoms with van der Waals surface area (Å²) in [5.41, 5.74) is 0. The van der Waals surface area contributed by atoms with Crippen molar-refractivity contribution in [1.29, 1.82) is 0 Å². The molecule has 116 valence electrons. The summed E-state index contributed by atoms with van der Waals surface area (Å²) in [5, 5.41) is 14.8. The quantitative estimate of drug-likeness (QED) is 0.870. The van der Waals surface area contributed by atoms with Crippen LogP contribution in [-0.4, -0.2) is 53.5 Å². The Morgan fingerprint density at radius 3 is 2.95 bits per heavy atom. The van der Waals surface area contributed by atoms with Crippen LogP contribution >= 0.6 is 11.3 Å². The first kappa shape index (κ1) is 14.8. The molecule has 3 heterocycles. The van der Waals surface area contributed by atoms with Crippen LogP contribution in [0.5, 0.6) is 0 Å². The van der Waals surface area contributed by atoms with E-state index in [2.05, 4.69) is 10.3 Å². The summed E-state index contributed by atoms with van der Waals surface area (Å²) in [7, 11) is -2.04. The number of rotatable bonds is 3. The molecule has 0 saturated carbocycles. The molecule has 1 saturated heterocycles. The third kappa shape index (κ3) is 2.33. The molecular weight excluding hydrogens is 312 g/mol. The maximum absolute atomic E-state index is 12.9. The number of hydrogen-bond acceptors (Lipinski definition) is 6. The van der Waals surface area contributed by atoms with Crippen molar-refractivity contribution >= 4 is 32.1 Å². The van der Waals surface area contributed by atoms with Crippen molar-refractivity contribution < 1.29 is 13.5 Å². The van der Waals surface area contributed by atoms with Gasteiger partial charge in [-0.25, -0.2) is 13.4 Å². The summed E-state index contributed by atoms with van der Waals surface area (Å²) >= 11 is 1.38. The first-order chi connectivity index (χ1) is 9.95. The predicted molar refractivity (Wildman–Crippen MR) is 81.2 cm³/mol. The molecule has 1 fully saturated rings. The molecule has 2 N–H and O–H groups in total. The Hall–Kier alpha value is -1.16. The molecule has 7 nitrogen and oxygen atoms in total. The third-order valence-electron chi connectivity index (χ3n) is 3.92. The summed E-state index contributed by atoms with van der Waals surface area (Å²) < 4.78 is 28.7. The first-order valence-electron chi connectivity index (χ1n) is 6.76. The van der Waals surface area contributed by atoms with Crippen LogP contribution in [0, 0.1) is 5.92 Å². The van der Waals surface area contributed by atoms with E-state index >= 15 is 0 Å². The van der Waals surface area contributed by atoms with Crippen LogP contribution in [0.4, 0.5) is 5.82 Å². The lowest BCUT2D eigenvalue weighted by Crippen LogP contribution is -2.46. The number of nitrogens with one attached hydrogen (secondary N) is 1. The van der Waals surface area contributed by atoms with E-state index in [1.165, 1.54) is 15.6 Å². The van der Waals surface area contributed by atoms with E-state index in [9.17, 15) is 13.5 Å². The number of nitrogens with zero attached hydrogens (tertiary/aromatic N) is 3. The normalized spacial score (nSPS) is 24.5. The van der Waals surface area contributed by atoms with Gasteiger partial charge in [-0.2, -0.15) is 4.31 Å². The maximum atomic E-state index is 12.9. The highest BCUT2D eigenvalue weighted by Gasteiger charge is 2.36. The topological polar surface area (TPSA) is 86.9 Å². The number of piperidine rings is 1. The lowest BCUT2D eigenvalue weighted by Gasteiger charge is -2.33. The molecule has 0 amide bonds. The van der Waals surface area contributed by atoms with E-state index in [-0.39, 0.29) is 17.5 Å². The molecule has 2 aromatic rings. The molecule has 2 atom stereocenters. The number of aliphatic hydroxyl groups is 1. The van der Waals surface area contributed by atoms with E-state index < -0.39 is 16.1 Å². The zero-order chi connectivity index (χ0) is 15.2. The Balaban J connectivity index is 2.06. The first-order valence-corrected chi connectivity index (χ1v) is 9.08. The van der Waals surface area contributed by atoms with Crippen LogP contribution in [0.3, 0.4) is 0 Å². The van der Waals surface area contributed by atoms with Crippen molar-refractivity contribution in [2.24, 2.45) is 5.92 Å². The molecular formula is C12H18N4O3S2. The Morgan fingerprint density at radius 2 is 2.29 bits per heavy atom. The fraction of sp³-hybridized carbons (Fsp3) is 0.583. The number of aromatic nitrogens is 2. The Bertz CT molecular complexity index is 752. The number of anilines is 1. The van der Waals surface area contributed by atoms with Crippen LogP contribution in [0.2, 0.25) is 0 Å². The van der Waals surface area contributed by atoms with Crippen molar-refractivity contribution in [3.8, 4) is 0 Å². The summed E-state index contributed by atoms with van der Waals surface area (Å²) in [6.07, 6.45) is 1.72. The molecule has 0 spiro atoms. The molecule has 9 heteroatoms. The number of thiazole rings is 1. The zero-order valence-corrected chi connectivity index (χ0v) is 13.5. The van der Waals surface area contributed by atoms with E-state index in [1.807, 2.05) is 6.92 Å². The average molecular weight is 330 g/mol. The smallest absolute Gasteiger partial charge is 0.262 e. The third-order valence-corrected chi connectivity index (χ3v) is 6.57. The van der Waals surface area contributed by atoms with Crippen molar-refractivity contribution in [3.63, 3.8) is 0 Å². The van der Waals surface area contributed by atoms with Crippen LogP contribution in [-0.2, 0) is 10.0 Å². The fourth-order valence-corrected chi connectivity index (χ4v) is 5.03. The number of sulfonamides is 1. The molecule has 21 heavy (non-hydrogen) atoms. The minimum absolute atomic E-state index is 0.117. The Labute approximate surface area is 127 Å². The molecule has 0 aliphatic carbocycles. The van der Waals surface area contributed by atoms with E-state index in [4.69, 9.17) is 0 Å². The van der Waals surface area contributed by atoms with E-state index in [0.717, 1.165) is 0 Å². The summed E-state index contributed by atoms with van der Waals surface area (Å²) in [6, 6.07) is 0. The van der Waals surface area contributed by atoms with Crippen LogP contribution in [0.25, 0.3) is 4.96 Å². The molecule has 3 rings (SSSR count).